The smallest absolute Gasteiger partial charge is 0.284 e. The maximum absolute atomic E-state index is 6.12. The van der Waals surface area contributed by atoms with Gasteiger partial charge in [0.1, 0.15) is 0 Å². The van der Waals surface area contributed by atoms with Gasteiger partial charge in [0.25, 0.3) is 17.0 Å². The molecular formula is C15H9ClN4O3S. The van der Waals surface area contributed by atoms with Crippen molar-refractivity contribution in [1.29, 1.82) is 0 Å². The monoisotopic (exact) mass is 360 g/mol. The van der Waals surface area contributed by atoms with Crippen LogP contribution in [0.2, 0.25) is 5.02 Å². The summed E-state index contributed by atoms with van der Waals surface area (Å²) >= 11 is 7.42. The van der Waals surface area contributed by atoms with Crippen molar-refractivity contribution in [2.45, 2.75) is 11.0 Å². The van der Waals surface area contributed by atoms with Crippen LogP contribution in [-0.4, -0.2) is 20.3 Å². The third-order valence-electron chi connectivity index (χ3n) is 3.04. The molecule has 0 atom stereocenters. The Hall–Kier alpha value is -2.58. The topological polar surface area (TPSA) is 91.0 Å². The van der Waals surface area contributed by atoms with Gasteiger partial charge in [-0.15, -0.1) is 10.2 Å². The number of hydrogen-bond acceptors (Lipinski definition) is 8. The molecule has 0 radical (unpaired) electrons. The zero-order valence-electron chi connectivity index (χ0n) is 12.0. The van der Waals surface area contributed by atoms with E-state index in [1.165, 1.54) is 11.8 Å². The van der Waals surface area contributed by atoms with E-state index in [1.54, 1.807) is 24.5 Å². The molecule has 24 heavy (non-hydrogen) atoms. The molecule has 0 saturated carbocycles. The van der Waals surface area contributed by atoms with Crippen LogP contribution in [0.5, 0.6) is 0 Å². The number of furan rings is 1. The summed E-state index contributed by atoms with van der Waals surface area (Å²) < 4.78 is 15.9. The van der Waals surface area contributed by atoms with E-state index in [-0.39, 0.29) is 0 Å². The summed E-state index contributed by atoms with van der Waals surface area (Å²) in [5, 5.41) is 12.7. The largest absolute Gasteiger partial charge is 0.459 e. The van der Waals surface area contributed by atoms with Crippen molar-refractivity contribution in [3.05, 3.63) is 53.5 Å². The molecule has 3 aromatic heterocycles. The molecule has 0 spiro atoms. The molecule has 0 unspecified atom stereocenters. The van der Waals surface area contributed by atoms with Crippen LogP contribution < -0.4 is 0 Å². The first kappa shape index (κ1) is 15.0. The van der Waals surface area contributed by atoms with E-state index in [0.29, 0.717) is 44.9 Å². The average molecular weight is 361 g/mol. The second kappa shape index (κ2) is 6.50. The van der Waals surface area contributed by atoms with Crippen LogP contribution in [0.15, 0.2) is 61.2 Å². The van der Waals surface area contributed by atoms with Crippen LogP contribution in [0.1, 0.15) is 5.82 Å². The zero-order chi connectivity index (χ0) is 16.4. The molecule has 9 heteroatoms. The fraction of sp³-hybridized carbons (Fsp3) is 0.0667. The van der Waals surface area contributed by atoms with Crippen molar-refractivity contribution in [2.75, 3.05) is 0 Å². The molecule has 7 nitrogen and oxygen atoms in total. The van der Waals surface area contributed by atoms with Crippen LogP contribution >= 0.6 is 23.4 Å². The highest BCUT2D eigenvalue weighted by molar-refractivity contribution is 7.98. The second-order valence-corrected chi connectivity index (χ2v) is 5.97. The number of nitrogens with zero attached hydrogens (tertiary/aromatic N) is 4. The average Bonchev–Trinajstić information content (AvgIpc) is 3.34. The molecule has 4 rings (SSSR count). The lowest BCUT2D eigenvalue weighted by Gasteiger charge is -1.95. The van der Waals surface area contributed by atoms with Crippen LogP contribution in [0.3, 0.4) is 0 Å². The Labute approximate surface area is 145 Å². The third-order valence-corrected chi connectivity index (χ3v) is 4.18. The van der Waals surface area contributed by atoms with Gasteiger partial charge in [-0.25, -0.2) is 0 Å². The number of halogens is 1. The highest BCUT2D eigenvalue weighted by atomic mass is 35.5. The summed E-state index contributed by atoms with van der Waals surface area (Å²) in [5.74, 6) is 2.15. The summed E-state index contributed by atoms with van der Waals surface area (Å²) in [7, 11) is 0. The molecule has 0 bridgehead atoms. The first-order valence-electron chi connectivity index (χ1n) is 6.87. The van der Waals surface area contributed by atoms with Crippen LogP contribution in [0.25, 0.3) is 23.1 Å². The SMILES string of the molecule is Clc1ccccc1-c1nc(CSc2nnc(-c3ccco3)o2)no1. The van der Waals surface area contributed by atoms with Gasteiger partial charge in [0, 0.05) is 0 Å². The van der Waals surface area contributed by atoms with Gasteiger partial charge in [0.05, 0.1) is 22.6 Å². The number of thioether (sulfide) groups is 1. The summed E-state index contributed by atoms with van der Waals surface area (Å²) in [6.07, 6.45) is 1.54. The molecule has 1 aromatic carbocycles. The lowest BCUT2D eigenvalue weighted by atomic mass is 10.2. The molecule has 120 valence electrons. The minimum Gasteiger partial charge on any atom is -0.459 e. The number of benzene rings is 1. The maximum atomic E-state index is 6.12. The van der Waals surface area contributed by atoms with Crippen molar-refractivity contribution >= 4 is 23.4 Å². The summed E-state index contributed by atoms with van der Waals surface area (Å²) in [6, 6.07) is 10.8. The zero-order valence-corrected chi connectivity index (χ0v) is 13.6. The lowest BCUT2D eigenvalue weighted by molar-refractivity contribution is 0.424. The van der Waals surface area contributed by atoms with E-state index in [1.807, 2.05) is 18.2 Å². The van der Waals surface area contributed by atoms with Gasteiger partial charge in [0.15, 0.2) is 11.6 Å². The minimum absolute atomic E-state index is 0.326. The lowest BCUT2D eigenvalue weighted by Crippen LogP contribution is -1.85. The molecule has 0 saturated heterocycles. The Bertz CT molecular complexity index is 951. The number of aromatic nitrogens is 4. The molecular weight excluding hydrogens is 352 g/mol. The fourth-order valence-corrected chi connectivity index (χ4v) is 2.77. The van der Waals surface area contributed by atoms with E-state index in [0.717, 1.165) is 0 Å². The van der Waals surface area contributed by atoms with Crippen molar-refractivity contribution in [1.82, 2.24) is 20.3 Å². The Morgan fingerprint density at radius 2 is 1.96 bits per heavy atom. The van der Waals surface area contributed by atoms with Crippen LogP contribution in [0, 0.1) is 0 Å². The standard InChI is InChI=1S/C15H9ClN4O3S/c16-10-5-2-1-4-9(10)13-17-12(20-23-13)8-24-15-19-18-14(22-15)11-6-3-7-21-11/h1-7H,8H2. The molecule has 0 N–H and O–H groups in total. The maximum Gasteiger partial charge on any atom is 0.284 e. The van der Waals surface area contributed by atoms with Crippen molar-refractivity contribution in [3.63, 3.8) is 0 Å². The van der Waals surface area contributed by atoms with E-state index in [2.05, 4.69) is 20.3 Å². The first-order chi connectivity index (χ1) is 11.8. The number of rotatable bonds is 5. The molecule has 4 aromatic rings. The van der Waals surface area contributed by atoms with Gasteiger partial charge in [0.2, 0.25) is 0 Å². The van der Waals surface area contributed by atoms with Crippen LogP contribution in [0.4, 0.5) is 0 Å². The highest BCUT2D eigenvalue weighted by Gasteiger charge is 2.15. The normalized spacial score (nSPS) is 11.0. The van der Waals surface area contributed by atoms with E-state index in [4.69, 9.17) is 25.0 Å². The summed E-state index contributed by atoms with van der Waals surface area (Å²) in [5.41, 5.74) is 0.695. The van der Waals surface area contributed by atoms with Crippen LogP contribution in [-0.2, 0) is 5.75 Å². The molecule has 0 aliphatic carbocycles. The molecule has 0 aliphatic rings. The predicted octanol–water partition coefficient (Wildman–Crippen LogP) is 4.33. The van der Waals surface area contributed by atoms with Crippen molar-refractivity contribution < 1.29 is 13.4 Å². The first-order valence-corrected chi connectivity index (χ1v) is 8.23. The van der Waals surface area contributed by atoms with E-state index < -0.39 is 0 Å². The summed E-state index contributed by atoms with van der Waals surface area (Å²) in [4.78, 5) is 4.32. The fourth-order valence-electron chi connectivity index (χ4n) is 1.95. The third kappa shape index (κ3) is 3.06. The van der Waals surface area contributed by atoms with Gasteiger partial charge >= 0.3 is 0 Å². The Balaban J connectivity index is 1.45. The van der Waals surface area contributed by atoms with Gasteiger partial charge in [-0.1, -0.05) is 40.7 Å². The Morgan fingerprint density at radius 1 is 1.04 bits per heavy atom. The highest BCUT2D eigenvalue weighted by Crippen LogP contribution is 2.28. The van der Waals surface area contributed by atoms with Crippen molar-refractivity contribution in [2.24, 2.45) is 0 Å². The molecule has 0 amide bonds. The summed E-state index contributed by atoms with van der Waals surface area (Å²) in [6.45, 7) is 0. The number of hydrogen-bond donors (Lipinski definition) is 0. The van der Waals surface area contributed by atoms with Gasteiger partial charge in [-0.2, -0.15) is 4.98 Å². The van der Waals surface area contributed by atoms with Crippen molar-refractivity contribution in [3.8, 4) is 23.1 Å². The van der Waals surface area contributed by atoms with E-state index >= 15 is 0 Å². The predicted molar refractivity (Wildman–Crippen MR) is 86.3 cm³/mol. The van der Waals surface area contributed by atoms with Gasteiger partial charge in [-0.05, 0) is 24.3 Å². The Morgan fingerprint density at radius 3 is 2.79 bits per heavy atom. The second-order valence-electron chi connectivity index (χ2n) is 4.63. The van der Waals surface area contributed by atoms with E-state index in [9.17, 15) is 0 Å². The molecule has 3 heterocycles. The quantitative estimate of drug-likeness (QED) is 0.486. The molecule has 0 aliphatic heterocycles. The molecule has 0 fully saturated rings. The van der Waals surface area contributed by atoms with Gasteiger partial charge < -0.3 is 13.4 Å². The van der Waals surface area contributed by atoms with Gasteiger partial charge in [-0.3, -0.25) is 0 Å². The Kier molecular flexibility index (Phi) is 4.06. The minimum atomic E-state index is 0.326.